The number of rotatable bonds is 13. The molecule has 6 rings (SSSR count). The maximum absolute atomic E-state index is 13.8. The molecule has 1 atom stereocenters. The summed E-state index contributed by atoms with van der Waals surface area (Å²) in [5.41, 5.74) is 3.48. The second-order valence-electron chi connectivity index (χ2n) is 12.6. The van der Waals surface area contributed by atoms with Crippen LogP contribution in [0.25, 0.3) is 22.6 Å². The van der Waals surface area contributed by atoms with E-state index in [0.29, 0.717) is 39.7 Å². The number of aromatic nitrogens is 6. The average molecular weight is 687 g/mol. The van der Waals surface area contributed by atoms with Crippen LogP contribution in [0, 0.1) is 11.8 Å². The van der Waals surface area contributed by atoms with Crippen molar-refractivity contribution >= 4 is 29.1 Å². The SMILES string of the molecule is CCCCn1cc(-c2ccc(Cl)cc2Cl)nc1[C@H](Cc1ccc(Oc2ccc(-c3nn[nH]n3)cc2)cc1)NC(=O)C1CCC(CC)CC1. The summed E-state index contributed by atoms with van der Waals surface area (Å²) in [6.07, 6.45) is 9.88. The van der Waals surface area contributed by atoms with Gasteiger partial charge in [-0.15, -0.1) is 10.2 Å². The first-order chi connectivity index (χ1) is 23.4. The maximum Gasteiger partial charge on any atom is 0.223 e. The molecule has 2 aromatic heterocycles. The van der Waals surface area contributed by atoms with Gasteiger partial charge < -0.3 is 14.6 Å². The van der Waals surface area contributed by atoms with Crippen LogP contribution in [0.15, 0.2) is 72.9 Å². The molecule has 2 N–H and O–H groups in total. The van der Waals surface area contributed by atoms with Crippen LogP contribution in [0.2, 0.25) is 10.0 Å². The van der Waals surface area contributed by atoms with Crippen molar-refractivity contribution in [3.63, 3.8) is 0 Å². The van der Waals surface area contributed by atoms with Crippen LogP contribution in [-0.4, -0.2) is 36.1 Å². The number of hydrogen-bond acceptors (Lipinski definition) is 6. The molecule has 1 saturated carbocycles. The fourth-order valence-corrected chi connectivity index (χ4v) is 6.90. The molecule has 48 heavy (non-hydrogen) atoms. The molecular weight excluding hydrogens is 645 g/mol. The van der Waals surface area contributed by atoms with Crippen LogP contribution in [0.1, 0.15) is 76.2 Å². The van der Waals surface area contributed by atoms with Gasteiger partial charge in [-0.1, -0.05) is 62.0 Å². The predicted octanol–water partition coefficient (Wildman–Crippen LogP) is 9.25. The molecule has 1 fully saturated rings. The number of tetrazole rings is 1. The van der Waals surface area contributed by atoms with Gasteiger partial charge in [0.25, 0.3) is 0 Å². The number of imidazole rings is 1. The number of aryl methyl sites for hydroxylation is 1. The largest absolute Gasteiger partial charge is 0.457 e. The van der Waals surface area contributed by atoms with E-state index in [-0.39, 0.29) is 17.9 Å². The summed E-state index contributed by atoms with van der Waals surface area (Å²) in [5.74, 6) is 3.60. The number of ether oxygens (including phenoxy) is 1. The van der Waals surface area contributed by atoms with Crippen LogP contribution >= 0.6 is 23.2 Å². The summed E-state index contributed by atoms with van der Waals surface area (Å²) in [6, 6.07) is 20.7. The van der Waals surface area contributed by atoms with E-state index >= 15 is 0 Å². The number of H-pyrrole nitrogens is 1. The first kappa shape index (κ1) is 33.7. The van der Waals surface area contributed by atoms with E-state index in [9.17, 15) is 4.79 Å². The highest BCUT2D eigenvalue weighted by molar-refractivity contribution is 6.36. The molecule has 5 aromatic rings. The molecule has 0 radical (unpaired) electrons. The summed E-state index contributed by atoms with van der Waals surface area (Å²) in [5, 5.41) is 18.7. The number of aromatic amines is 1. The highest BCUT2D eigenvalue weighted by Crippen LogP contribution is 2.34. The second-order valence-corrected chi connectivity index (χ2v) is 13.4. The van der Waals surface area contributed by atoms with Crippen molar-refractivity contribution in [3.05, 3.63) is 94.4 Å². The molecule has 250 valence electrons. The fraction of sp³-hybridized carbons (Fsp3) is 0.378. The minimum Gasteiger partial charge on any atom is -0.457 e. The smallest absolute Gasteiger partial charge is 0.223 e. The van der Waals surface area contributed by atoms with E-state index in [0.717, 1.165) is 73.3 Å². The Morgan fingerprint density at radius 1 is 1.00 bits per heavy atom. The van der Waals surface area contributed by atoms with Gasteiger partial charge in [0.05, 0.1) is 16.8 Å². The van der Waals surface area contributed by atoms with Crippen LogP contribution in [0.4, 0.5) is 0 Å². The summed E-state index contributed by atoms with van der Waals surface area (Å²) >= 11 is 12.8. The van der Waals surface area contributed by atoms with Crippen LogP contribution in [-0.2, 0) is 17.8 Å². The molecule has 0 unspecified atom stereocenters. The highest BCUT2D eigenvalue weighted by Gasteiger charge is 2.29. The van der Waals surface area contributed by atoms with Gasteiger partial charge in [0.1, 0.15) is 17.3 Å². The third-order valence-electron chi connectivity index (χ3n) is 9.25. The van der Waals surface area contributed by atoms with Crippen molar-refractivity contribution in [1.82, 2.24) is 35.5 Å². The van der Waals surface area contributed by atoms with E-state index in [1.807, 2.05) is 66.9 Å². The van der Waals surface area contributed by atoms with Crippen LogP contribution < -0.4 is 10.1 Å². The van der Waals surface area contributed by atoms with Gasteiger partial charge in [-0.2, -0.15) is 5.21 Å². The second kappa shape index (κ2) is 15.8. The molecule has 1 aliphatic carbocycles. The average Bonchev–Trinajstić information content (AvgIpc) is 3.79. The van der Waals surface area contributed by atoms with E-state index in [4.69, 9.17) is 32.9 Å². The summed E-state index contributed by atoms with van der Waals surface area (Å²) < 4.78 is 8.30. The highest BCUT2D eigenvalue weighted by atomic mass is 35.5. The number of hydrogen-bond donors (Lipinski definition) is 2. The Morgan fingerprint density at radius 3 is 2.38 bits per heavy atom. The minimum absolute atomic E-state index is 0.0155. The van der Waals surface area contributed by atoms with Gasteiger partial charge in [0, 0.05) is 34.8 Å². The number of carbonyl (C=O) groups excluding carboxylic acids is 1. The van der Waals surface area contributed by atoms with Gasteiger partial charge in [-0.3, -0.25) is 4.79 Å². The Hall–Kier alpha value is -4.21. The lowest BCUT2D eigenvalue weighted by molar-refractivity contribution is -0.127. The summed E-state index contributed by atoms with van der Waals surface area (Å²) in [7, 11) is 0. The third kappa shape index (κ3) is 8.25. The van der Waals surface area contributed by atoms with E-state index in [2.05, 4.69) is 44.4 Å². The Kier molecular flexibility index (Phi) is 11.1. The molecule has 0 saturated heterocycles. The summed E-state index contributed by atoms with van der Waals surface area (Å²) in [6.45, 7) is 5.20. The number of benzene rings is 3. The first-order valence-corrected chi connectivity index (χ1v) is 17.6. The van der Waals surface area contributed by atoms with Gasteiger partial charge in [0.2, 0.25) is 11.7 Å². The van der Waals surface area contributed by atoms with Crippen LogP contribution in [0.3, 0.4) is 0 Å². The summed E-state index contributed by atoms with van der Waals surface area (Å²) in [4.78, 5) is 18.9. The number of carbonyl (C=O) groups is 1. The fourth-order valence-electron chi connectivity index (χ4n) is 6.39. The lowest BCUT2D eigenvalue weighted by Crippen LogP contribution is -2.37. The van der Waals surface area contributed by atoms with Crippen LogP contribution in [0.5, 0.6) is 11.5 Å². The molecule has 9 nitrogen and oxygen atoms in total. The number of amides is 1. The minimum atomic E-state index is -0.331. The third-order valence-corrected chi connectivity index (χ3v) is 9.79. The molecule has 2 heterocycles. The van der Waals surface area contributed by atoms with Gasteiger partial charge in [-0.05, 0) is 110 Å². The van der Waals surface area contributed by atoms with Gasteiger partial charge in [-0.25, -0.2) is 4.98 Å². The van der Waals surface area contributed by atoms with Crippen molar-refractivity contribution in [2.75, 3.05) is 0 Å². The topological polar surface area (TPSA) is 111 Å². The Labute approximate surface area is 291 Å². The number of nitrogens with zero attached hydrogens (tertiary/aromatic N) is 5. The van der Waals surface area contributed by atoms with E-state index < -0.39 is 0 Å². The van der Waals surface area contributed by atoms with Crippen molar-refractivity contribution in [1.29, 1.82) is 0 Å². The zero-order chi connectivity index (χ0) is 33.5. The predicted molar refractivity (Wildman–Crippen MR) is 189 cm³/mol. The molecule has 0 spiro atoms. The zero-order valence-corrected chi connectivity index (χ0v) is 28.8. The van der Waals surface area contributed by atoms with Gasteiger partial charge in [0.15, 0.2) is 0 Å². The first-order valence-electron chi connectivity index (χ1n) is 16.8. The standard InChI is InChI=1S/C37H41Cl2N7O2/c1-3-5-20-46-23-34(31-19-14-28(38)22-32(31)39)40-36(46)33(41-37(47)27-10-6-24(4-2)7-11-27)21-25-8-15-29(16-9-25)48-30-17-12-26(13-18-30)35-42-44-45-43-35/h8-9,12-19,22-24,27,33H,3-7,10-11,20-21H2,1-2H3,(H,41,47)(H,42,43,44,45)/t24?,27?,33-/m0/s1. The van der Waals surface area contributed by atoms with Crippen molar-refractivity contribution < 1.29 is 9.53 Å². The Bertz CT molecular complexity index is 1780. The lowest BCUT2D eigenvalue weighted by atomic mass is 9.80. The number of halogens is 2. The Morgan fingerprint density at radius 2 is 1.73 bits per heavy atom. The number of unbranched alkanes of at least 4 members (excludes halogenated alkanes) is 1. The lowest BCUT2D eigenvalue weighted by Gasteiger charge is -2.29. The quantitative estimate of drug-likeness (QED) is 0.128. The monoisotopic (exact) mass is 685 g/mol. The van der Waals surface area contributed by atoms with Gasteiger partial charge >= 0.3 is 0 Å². The van der Waals surface area contributed by atoms with E-state index in [1.54, 1.807) is 6.07 Å². The molecule has 1 amide bonds. The molecule has 3 aromatic carbocycles. The zero-order valence-electron chi connectivity index (χ0n) is 27.3. The molecule has 0 bridgehead atoms. The maximum atomic E-state index is 13.8. The number of nitrogens with one attached hydrogen (secondary N) is 2. The molecule has 0 aliphatic heterocycles. The molecular formula is C37H41Cl2N7O2. The Balaban J connectivity index is 1.25. The van der Waals surface area contributed by atoms with Crippen molar-refractivity contribution in [3.8, 4) is 34.1 Å². The molecule has 11 heteroatoms. The normalized spacial score (nSPS) is 16.8. The van der Waals surface area contributed by atoms with E-state index in [1.165, 1.54) is 6.42 Å². The van der Waals surface area contributed by atoms with Crippen molar-refractivity contribution in [2.45, 2.75) is 77.8 Å². The molecule has 1 aliphatic rings. The van der Waals surface area contributed by atoms with Crippen molar-refractivity contribution in [2.24, 2.45) is 11.8 Å².